The number of hydrogen-bond donors (Lipinski definition) is 5. The second kappa shape index (κ2) is 38.2. The fraction of sp³-hybridized carbons (Fsp3) is 0.785. The Morgan fingerprint density at radius 3 is 1.51 bits per heavy atom. The number of carbonyl (C=O) groups is 11. The van der Waals surface area contributed by atoms with E-state index < -0.39 is 162 Å². The molecule has 512 valence electrons. The molecule has 1 rings (SSSR count). The van der Waals surface area contributed by atoms with Crippen LogP contribution < -0.4 is 21.3 Å². The maximum Gasteiger partial charge on any atom is 0.246 e. The summed E-state index contributed by atoms with van der Waals surface area (Å²) in [7, 11) is 9.73. The van der Waals surface area contributed by atoms with Gasteiger partial charge < -0.3 is 65.4 Å². The Balaban J connectivity index is 4.39. The van der Waals surface area contributed by atoms with E-state index in [1.165, 1.54) is 82.8 Å². The minimum Gasteiger partial charge on any atom is -0.390 e. The summed E-state index contributed by atoms with van der Waals surface area (Å²) in [5.41, 5.74) is 0. The molecule has 11 amide bonds. The minimum atomic E-state index is -1.64. The molecule has 90 heavy (non-hydrogen) atoms. The standard InChI is InChI=1S/C65H114N12O13/c1-24-26-30-42(13)55(79)54-59(83)69-46(25-2)61(85)71(17)36-50(78)75(21)53(45(16)90-32-29-27-28-31-66)58(82)70-51(40(9)10)64(88)72(18)47(33-37(3)4)57(81)67-43(14)56(80)68-44(15)60(84)73(19)48(34-38(5)6)62(86)74(20)49(35-39(7)8)63(87)76(22)52(41(11)12)65(89)77(54)23/h24,26,37-49,51-55,79H,25,27-30,32-36H2,1-23H3,(H,67,81)(H,68,80)(H,69,83)(H,70,82)/b26-24+/t42-,43+,44-,45-,46+,47+,48+,49-,51+,52+,53+,54+,55-/m1/s1. The van der Waals surface area contributed by atoms with E-state index in [-0.39, 0.29) is 56.5 Å². The number of carbonyl (C=O) groups excluding carboxylic acids is 11. The Labute approximate surface area is 537 Å². The second-order valence-corrected chi connectivity index (χ2v) is 26.6. The van der Waals surface area contributed by atoms with Gasteiger partial charge >= 0.3 is 0 Å². The van der Waals surface area contributed by atoms with Crippen molar-refractivity contribution in [3.05, 3.63) is 12.2 Å². The minimum absolute atomic E-state index is 0.0155. The van der Waals surface area contributed by atoms with Crippen LogP contribution in [0.5, 0.6) is 0 Å². The van der Waals surface area contributed by atoms with E-state index in [1.807, 2.05) is 41.5 Å². The Morgan fingerprint density at radius 2 is 1.02 bits per heavy atom. The van der Waals surface area contributed by atoms with Crippen molar-refractivity contribution in [3.8, 4) is 6.07 Å². The van der Waals surface area contributed by atoms with Gasteiger partial charge in [0, 0.05) is 62.4 Å². The lowest BCUT2D eigenvalue weighted by atomic mass is 9.91. The van der Waals surface area contributed by atoms with Crippen LogP contribution >= 0.6 is 0 Å². The normalized spacial score (nSPS) is 26.3. The summed E-state index contributed by atoms with van der Waals surface area (Å²) in [6.07, 6.45) is 2.89. The van der Waals surface area contributed by atoms with Crippen LogP contribution in [0.3, 0.4) is 0 Å². The molecule has 1 saturated heterocycles. The number of amides is 11. The van der Waals surface area contributed by atoms with Crippen LogP contribution in [0, 0.1) is 46.8 Å². The molecule has 1 aliphatic rings. The molecule has 0 radical (unpaired) electrons. The summed E-state index contributed by atoms with van der Waals surface area (Å²) in [6.45, 7) is 27.0. The third-order valence-electron chi connectivity index (χ3n) is 16.8. The summed E-state index contributed by atoms with van der Waals surface area (Å²) in [6, 6.07) is -10.9. The molecule has 0 aromatic heterocycles. The van der Waals surface area contributed by atoms with Gasteiger partial charge in [0.15, 0.2) is 0 Å². The first-order valence-corrected chi connectivity index (χ1v) is 32.1. The predicted molar refractivity (Wildman–Crippen MR) is 344 cm³/mol. The highest BCUT2D eigenvalue weighted by Gasteiger charge is 2.46. The third kappa shape index (κ3) is 23.2. The number of unbranched alkanes of at least 4 members (excludes halogenated alkanes) is 2. The van der Waals surface area contributed by atoms with Crippen LogP contribution in [-0.2, 0) is 57.5 Å². The van der Waals surface area contributed by atoms with Crippen LogP contribution in [0.15, 0.2) is 12.2 Å². The molecule has 13 atom stereocenters. The quantitative estimate of drug-likeness (QED) is 0.0916. The number of ether oxygens (including phenoxy) is 1. The van der Waals surface area contributed by atoms with Crippen LogP contribution in [-0.4, -0.2) is 239 Å². The first-order valence-electron chi connectivity index (χ1n) is 32.1. The van der Waals surface area contributed by atoms with E-state index in [9.17, 15) is 48.3 Å². The van der Waals surface area contributed by atoms with Gasteiger partial charge in [0.05, 0.1) is 24.8 Å². The highest BCUT2D eigenvalue weighted by atomic mass is 16.5. The van der Waals surface area contributed by atoms with Gasteiger partial charge in [-0.3, -0.25) is 52.7 Å². The second-order valence-electron chi connectivity index (χ2n) is 26.6. The average Bonchev–Trinajstić information content (AvgIpc) is 0.863. The number of nitriles is 1. The van der Waals surface area contributed by atoms with Crippen molar-refractivity contribution >= 4 is 65.0 Å². The van der Waals surface area contributed by atoms with Gasteiger partial charge in [0.2, 0.25) is 65.0 Å². The van der Waals surface area contributed by atoms with Gasteiger partial charge in [-0.05, 0) is 108 Å². The number of nitrogens with one attached hydrogen (secondary N) is 4. The van der Waals surface area contributed by atoms with E-state index in [4.69, 9.17) is 10.00 Å². The van der Waals surface area contributed by atoms with Crippen molar-refractivity contribution < 1.29 is 62.6 Å². The maximum absolute atomic E-state index is 15.2. The summed E-state index contributed by atoms with van der Waals surface area (Å²) in [5, 5.41) is 32.2. The predicted octanol–water partition coefficient (Wildman–Crippen LogP) is 3.32. The first kappa shape index (κ1) is 81.3. The van der Waals surface area contributed by atoms with Gasteiger partial charge in [-0.2, -0.15) is 5.26 Å². The molecule has 0 aromatic carbocycles. The van der Waals surface area contributed by atoms with Gasteiger partial charge in [-0.1, -0.05) is 95.2 Å². The number of rotatable bonds is 19. The van der Waals surface area contributed by atoms with Crippen molar-refractivity contribution in [2.45, 2.75) is 235 Å². The van der Waals surface area contributed by atoms with Crippen LogP contribution in [0.25, 0.3) is 0 Å². The lowest BCUT2D eigenvalue weighted by Gasteiger charge is -2.41. The molecule has 25 heteroatoms. The molecule has 0 aromatic rings. The molecule has 5 N–H and O–H groups in total. The first-order chi connectivity index (χ1) is 41.8. The number of likely N-dealkylation sites (N-methyl/N-ethyl adjacent to an activating group) is 7. The average molecular weight is 1270 g/mol. The maximum atomic E-state index is 15.2. The van der Waals surface area contributed by atoms with E-state index in [0.29, 0.717) is 19.3 Å². The van der Waals surface area contributed by atoms with Crippen LogP contribution in [0.2, 0.25) is 0 Å². The van der Waals surface area contributed by atoms with Crippen LogP contribution in [0.4, 0.5) is 0 Å². The largest absolute Gasteiger partial charge is 0.390 e. The molecule has 0 saturated carbocycles. The number of allylic oxidation sites excluding steroid dienone is 2. The van der Waals surface area contributed by atoms with Crippen LogP contribution in [0.1, 0.15) is 162 Å². The van der Waals surface area contributed by atoms with E-state index in [2.05, 4.69) is 27.3 Å². The summed E-state index contributed by atoms with van der Waals surface area (Å²) in [4.78, 5) is 170. The third-order valence-corrected chi connectivity index (χ3v) is 16.8. The molecule has 0 unspecified atom stereocenters. The SMILES string of the molecule is C/C=C/C[C@@H](C)[C@@H](O)[C@H]1C(=O)N[C@@H](CC)C(=O)N(C)CC(=O)N(C)[C@@H]([C@@H](C)OCCCCC#N)C(=O)N[C@@H](C(C)C)C(=O)N(C)[C@@H](CC(C)C)C(=O)N[C@@H](C)C(=O)N[C@H](C)C(=O)N(C)[C@@H](CC(C)C)C(=O)N(C)[C@H](CC(C)C)C(=O)N(C)[C@@H](C(C)C)C(=O)N1C. The molecule has 0 aliphatic carbocycles. The molecule has 1 fully saturated rings. The smallest absolute Gasteiger partial charge is 0.246 e. The fourth-order valence-corrected chi connectivity index (χ4v) is 11.1. The highest BCUT2D eigenvalue weighted by Crippen LogP contribution is 2.26. The Morgan fingerprint density at radius 1 is 0.544 bits per heavy atom. The van der Waals surface area contributed by atoms with Crippen molar-refractivity contribution in [2.24, 2.45) is 35.5 Å². The number of aliphatic hydroxyl groups excluding tert-OH is 1. The Kier molecular flexibility index (Phi) is 34.6. The molecule has 0 bridgehead atoms. The number of nitrogens with zero attached hydrogens (tertiary/aromatic N) is 8. The van der Waals surface area contributed by atoms with Crippen molar-refractivity contribution in [3.63, 3.8) is 0 Å². The molecule has 0 spiro atoms. The summed E-state index contributed by atoms with van der Waals surface area (Å²) >= 11 is 0. The van der Waals surface area contributed by atoms with Gasteiger partial charge in [-0.25, -0.2) is 0 Å². The summed E-state index contributed by atoms with van der Waals surface area (Å²) < 4.78 is 6.11. The van der Waals surface area contributed by atoms with E-state index in [1.54, 1.807) is 67.5 Å². The topological polar surface area (TPSA) is 312 Å². The molecular formula is C65H114N12O13. The lowest BCUT2D eigenvalue weighted by Crippen LogP contribution is -2.63. The Bertz CT molecular complexity index is 2500. The van der Waals surface area contributed by atoms with Crippen molar-refractivity contribution in [1.82, 2.24) is 55.6 Å². The van der Waals surface area contributed by atoms with Gasteiger partial charge in [-0.15, -0.1) is 0 Å². The van der Waals surface area contributed by atoms with Gasteiger partial charge in [0.1, 0.15) is 60.4 Å². The van der Waals surface area contributed by atoms with E-state index >= 15 is 9.59 Å². The van der Waals surface area contributed by atoms with Crippen molar-refractivity contribution in [2.75, 3.05) is 62.5 Å². The number of aliphatic hydroxyl groups is 1. The van der Waals surface area contributed by atoms with Crippen molar-refractivity contribution in [1.29, 1.82) is 5.26 Å². The zero-order chi connectivity index (χ0) is 69.5. The summed E-state index contributed by atoms with van der Waals surface area (Å²) in [5.74, 6) is -10.3. The molecule has 1 heterocycles. The zero-order valence-corrected chi connectivity index (χ0v) is 58.5. The monoisotopic (exact) mass is 1270 g/mol. The molecular weight excluding hydrogens is 1160 g/mol. The zero-order valence-electron chi connectivity index (χ0n) is 58.5. The molecule has 1 aliphatic heterocycles. The highest BCUT2D eigenvalue weighted by molar-refractivity contribution is 5.99. The van der Waals surface area contributed by atoms with Gasteiger partial charge in [0.25, 0.3) is 0 Å². The Hall–Kier alpha value is -6.68. The molecule has 25 nitrogen and oxygen atoms in total. The number of hydrogen-bond acceptors (Lipinski definition) is 14. The van der Waals surface area contributed by atoms with E-state index in [0.717, 1.165) is 14.7 Å². The lowest BCUT2D eigenvalue weighted by molar-refractivity contribution is -0.157. The fourth-order valence-electron chi connectivity index (χ4n) is 11.1.